The van der Waals surface area contributed by atoms with Crippen LogP contribution in [0.5, 0.6) is 0 Å². The molecule has 1 atom stereocenters. The second-order valence-electron chi connectivity index (χ2n) is 7.57. The molecular formula is C25H24FN3O3S. The van der Waals surface area contributed by atoms with Crippen LogP contribution in [0, 0.1) is 5.82 Å². The lowest BCUT2D eigenvalue weighted by atomic mass is 10.2. The molecule has 0 aliphatic rings. The fourth-order valence-electron chi connectivity index (χ4n) is 3.47. The van der Waals surface area contributed by atoms with Gasteiger partial charge in [0.25, 0.3) is 5.56 Å². The molecule has 2 aromatic heterocycles. The van der Waals surface area contributed by atoms with Gasteiger partial charge in [-0.3, -0.25) is 14.2 Å². The van der Waals surface area contributed by atoms with Crippen molar-refractivity contribution in [3.05, 3.63) is 88.9 Å². The number of aromatic nitrogens is 2. The van der Waals surface area contributed by atoms with Gasteiger partial charge in [0, 0.05) is 0 Å². The maximum atomic E-state index is 13.5. The number of para-hydroxylation sites is 1. The minimum absolute atomic E-state index is 0.155. The zero-order valence-electron chi connectivity index (χ0n) is 18.2. The summed E-state index contributed by atoms with van der Waals surface area (Å²) >= 11 is 1.24. The summed E-state index contributed by atoms with van der Waals surface area (Å²) in [5, 5.41) is 3.30. The highest BCUT2D eigenvalue weighted by Gasteiger charge is 2.24. The Kier molecular flexibility index (Phi) is 7.24. The van der Waals surface area contributed by atoms with E-state index in [4.69, 9.17) is 9.40 Å². The molecule has 4 rings (SSSR count). The summed E-state index contributed by atoms with van der Waals surface area (Å²) in [4.78, 5) is 31.1. The molecule has 0 aliphatic heterocycles. The van der Waals surface area contributed by atoms with Gasteiger partial charge in [0.15, 0.2) is 5.16 Å². The van der Waals surface area contributed by atoms with Crippen molar-refractivity contribution in [3.8, 4) is 5.69 Å². The number of benzene rings is 2. The fourth-order valence-corrected chi connectivity index (χ4v) is 4.64. The molecule has 0 spiro atoms. The zero-order chi connectivity index (χ0) is 23.2. The van der Waals surface area contributed by atoms with Gasteiger partial charge in [0.05, 0.1) is 34.6 Å². The van der Waals surface area contributed by atoms with E-state index in [-0.39, 0.29) is 18.0 Å². The van der Waals surface area contributed by atoms with Gasteiger partial charge in [-0.1, -0.05) is 43.7 Å². The number of rotatable bonds is 9. The summed E-state index contributed by atoms with van der Waals surface area (Å²) in [6.07, 6.45) is 3.96. The van der Waals surface area contributed by atoms with Gasteiger partial charge in [0.2, 0.25) is 5.91 Å². The Morgan fingerprint density at radius 1 is 1.15 bits per heavy atom. The van der Waals surface area contributed by atoms with E-state index in [1.165, 1.54) is 40.6 Å². The van der Waals surface area contributed by atoms with Crippen LogP contribution in [-0.2, 0) is 11.3 Å². The minimum atomic E-state index is -0.459. The molecule has 2 aromatic carbocycles. The molecule has 0 saturated carbocycles. The van der Waals surface area contributed by atoms with Crippen molar-refractivity contribution in [1.82, 2.24) is 14.9 Å². The molecule has 0 bridgehead atoms. The van der Waals surface area contributed by atoms with E-state index in [1.807, 2.05) is 6.07 Å². The number of hydrogen-bond acceptors (Lipinski definition) is 5. The van der Waals surface area contributed by atoms with Gasteiger partial charge in [-0.2, -0.15) is 0 Å². The van der Waals surface area contributed by atoms with Crippen molar-refractivity contribution in [2.24, 2.45) is 0 Å². The van der Waals surface area contributed by atoms with Crippen LogP contribution in [0.3, 0.4) is 0 Å². The summed E-state index contributed by atoms with van der Waals surface area (Å²) in [5.41, 5.74) is 0.779. The van der Waals surface area contributed by atoms with E-state index in [9.17, 15) is 14.0 Å². The van der Waals surface area contributed by atoms with E-state index in [1.54, 1.807) is 36.6 Å². The summed E-state index contributed by atoms with van der Waals surface area (Å²) in [6.45, 7) is 2.34. The Morgan fingerprint density at radius 3 is 2.67 bits per heavy atom. The Morgan fingerprint density at radius 2 is 1.94 bits per heavy atom. The number of unbranched alkanes of at least 4 members (excludes halogenated alkanes) is 1. The molecule has 1 unspecified atom stereocenters. The van der Waals surface area contributed by atoms with Crippen LogP contribution in [0.4, 0.5) is 4.39 Å². The highest BCUT2D eigenvalue weighted by molar-refractivity contribution is 8.00. The first-order valence-electron chi connectivity index (χ1n) is 10.8. The summed E-state index contributed by atoms with van der Waals surface area (Å²) in [5.74, 6) is 0.112. The van der Waals surface area contributed by atoms with E-state index in [2.05, 4.69) is 12.2 Å². The molecule has 8 heteroatoms. The second kappa shape index (κ2) is 10.5. The first kappa shape index (κ1) is 22.8. The smallest absolute Gasteiger partial charge is 0.266 e. The van der Waals surface area contributed by atoms with E-state index in [0.29, 0.717) is 33.9 Å². The number of carbonyl (C=O) groups excluding carboxylic acids is 1. The normalized spacial score (nSPS) is 12.1. The molecule has 1 N–H and O–H groups in total. The molecule has 33 heavy (non-hydrogen) atoms. The molecule has 0 fully saturated rings. The Balaban J connectivity index is 1.72. The molecule has 4 aromatic rings. The largest absolute Gasteiger partial charge is 0.467 e. The molecule has 0 aliphatic carbocycles. The third-order valence-electron chi connectivity index (χ3n) is 5.21. The topological polar surface area (TPSA) is 77.1 Å². The Labute approximate surface area is 194 Å². The van der Waals surface area contributed by atoms with Gasteiger partial charge >= 0.3 is 0 Å². The van der Waals surface area contributed by atoms with Crippen molar-refractivity contribution >= 4 is 28.6 Å². The zero-order valence-corrected chi connectivity index (χ0v) is 19.0. The van der Waals surface area contributed by atoms with E-state index in [0.717, 1.165) is 12.8 Å². The van der Waals surface area contributed by atoms with Crippen molar-refractivity contribution in [2.75, 3.05) is 0 Å². The van der Waals surface area contributed by atoms with Gasteiger partial charge in [-0.15, -0.1) is 0 Å². The van der Waals surface area contributed by atoms with E-state index >= 15 is 0 Å². The Hall–Kier alpha value is -3.39. The van der Waals surface area contributed by atoms with Gasteiger partial charge in [-0.25, -0.2) is 9.37 Å². The predicted octanol–water partition coefficient (Wildman–Crippen LogP) is 5.09. The predicted molar refractivity (Wildman–Crippen MR) is 127 cm³/mol. The third kappa shape index (κ3) is 5.34. The molecule has 6 nitrogen and oxygen atoms in total. The number of hydrogen-bond donors (Lipinski definition) is 1. The van der Waals surface area contributed by atoms with Crippen LogP contribution in [-0.4, -0.2) is 20.7 Å². The van der Waals surface area contributed by atoms with Crippen molar-refractivity contribution in [1.29, 1.82) is 0 Å². The number of furan rings is 1. The van der Waals surface area contributed by atoms with Crippen molar-refractivity contribution in [3.63, 3.8) is 0 Å². The molecule has 2 heterocycles. The monoisotopic (exact) mass is 465 g/mol. The van der Waals surface area contributed by atoms with Crippen LogP contribution >= 0.6 is 11.8 Å². The van der Waals surface area contributed by atoms with Gasteiger partial charge in [-0.05, 0) is 55.0 Å². The van der Waals surface area contributed by atoms with Crippen molar-refractivity contribution in [2.45, 2.75) is 43.1 Å². The summed E-state index contributed by atoms with van der Waals surface area (Å²) < 4.78 is 20.3. The van der Waals surface area contributed by atoms with Gasteiger partial charge < -0.3 is 9.73 Å². The average Bonchev–Trinajstić information content (AvgIpc) is 3.35. The number of nitrogens with zero attached hydrogens (tertiary/aromatic N) is 2. The van der Waals surface area contributed by atoms with Crippen LogP contribution < -0.4 is 10.9 Å². The Bertz CT molecular complexity index is 1290. The first-order chi connectivity index (χ1) is 16.1. The number of thioether (sulfide) groups is 1. The van der Waals surface area contributed by atoms with Crippen molar-refractivity contribution < 1.29 is 13.6 Å². The van der Waals surface area contributed by atoms with Crippen LogP contribution in [0.2, 0.25) is 0 Å². The highest BCUT2D eigenvalue weighted by Crippen LogP contribution is 2.28. The number of amides is 1. The lowest BCUT2D eigenvalue weighted by molar-refractivity contribution is -0.120. The molecular weight excluding hydrogens is 441 g/mol. The van der Waals surface area contributed by atoms with Crippen LogP contribution in [0.1, 0.15) is 31.9 Å². The maximum absolute atomic E-state index is 13.5. The van der Waals surface area contributed by atoms with E-state index < -0.39 is 11.1 Å². The fraction of sp³-hybridized carbons (Fsp3) is 0.240. The minimum Gasteiger partial charge on any atom is -0.467 e. The second-order valence-corrected chi connectivity index (χ2v) is 8.74. The number of halogens is 1. The average molecular weight is 466 g/mol. The number of nitrogens with one attached hydrogen (secondary N) is 1. The lowest BCUT2D eigenvalue weighted by Gasteiger charge is -2.19. The van der Waals surface area contributed by atoms with Gasteiger partial charge in [0.1, 0.15) is 11.6 Å². The highest BCUT2D eigenvalue weighted by atomic mass is 32.2. The maximum Gasteiger partial charge on any atom is 0.266 e. The lowest BCUT2D eigenvalue weighted by Crippen LogP contribution is -2.33. The number of fused-ring (bicyclic) bond motifs is 1. The van der Waals surface area contributed by atoms with Crippen LogP contribution in [0.15, 0.2) is 81.3 Å². The molecule has 0 saturated heterocycles. The quantitative estimate of drug-likeness (QED) is 0.275. The SMILES string of the molecule is CCCCC(Sc1nc2ccccc2c(=O)n1-c1ccc(F)cc1)C(=O)NCc1ccco1. The first-order valence-corrected chi connectivity index (χ1v) is 11.7. The van der Waals surface area contributed by atoms with Crippen LogP contribution in [0.25, 0.3) is 16.6 Å². The summed E-state index contributed by atoms with van der Waals surface area (Å²) in [7, 11) is 0. The molecule has 0 radical (unpaired) electrons. The standard InChI is InChI=1S/C25H24FN3O3S/c1-2-3-10-22(23(30)27-16-19-7-6-15-32-19)33-25-28-21-9-5-4-8-20(21)24(31)29(25)18-13-11-17(26)12-14-18/h4-9,11-15,22H,2-3,10,16H2,1H3,(H,27,30). The molecule has 1 amide bonds. The summed E-state index contributed by atoms with van der Waals surface area (Å²) in [6, 6.07) is 16.3. The third-order valence-corrected chi connectivity index (χ3v) is 6.43. The number of carbonyl (C=O) groups is 1. The molecule has 170 valence electrons.